The van der Waals surface area contributed by atoms with E-state index >= 15 is 0 Å². The highest BCUT2D eigenvalue weighted by molar-refractivity contribution is 7.84. The Balaban J connectivity index is 2.78. The van der Waals surface area contributed by atoms with E-state index in [2.05, 4.69) is 29.1 Å². The summed E-state index contributed by atoms with van der Waals surface area (Å²) in [6, 6.07) is 0.214. The van der Waals surface area contributed by atoms with Gasteiger partial charge in [0.05, 0.1) is 0 Å². The molecule has 3 N–H and O–H groups in total. The normalized spacial score (nSPS) is 14.1. The van der Waals surface area contributed by atoms with E-state index in [1.54, 1.807) is 6.26 Å². The maximum Gasteiger partial charge on any atom is 0.134 e. The molecule has 0 aliphatic heterocycles. The first-order valence-corrected chi connectivity index (χ1v) is 8.36. The standard InChI is InChI=1S/C13H24N4OS/c1-5-6-11-16-12(14)10(3)13(17-11)15-9(2)7-8-19(4)18/h9H,5-8H2,1-4H3,(H3,14,15,16,17). The Morgan fingerprint density at radius 2 is 2.11 bits per heavy atom. The van der Waals surface area contributed by atoms with Crippen molar-refractivity contribution in [3.05, 3.63) is 11.4 Å². The van der Waals surface area contributed by atoms with Crippen LogP contribution in [-0.4, -0.2) is 32.2 Å². The minimum absolute atomic E-state index is 0.214. The second-order valence-corrected chi connectivity index (χ2v) is 6.41. The molecular weight excluding hydrogens is 260 g/mol. The molecule has 0 radical (unpaired) electrons. The molecule has 5 nitrogen and oxygen atoms in total. The summed E-state index contributed by atoms with van der Waals surface area (Å²) in [4.78, 5) is 8.79. The van der Waals surface area contributed by atoms with Crippen molar-refractivity contribution in [3.63, 3.8) is 0 Å². The van der Waals surface area contributed by atoms with E-state index in [1.165, 1.54) is 0 Å². The van der Waals surface area contributed by atoms with E-state index in [1.807, 2.05) is 6.92 Å². The van der Waals surface area contributed by atoms with Crippen LogP contribution < -0.4 is 11.1 Å². The number of aryl methyl sites for hydroxylation is 1. The highest BCUT2D eigenvalue weighted by Crippen LogP contribution is 2.19. The third kappa shape index (κ3) is 5.14. The van der Waals surface area contributed by atoms with Crippen molar-refractivity contribution in [2.75, 3.05) is 23.1 Å². The van der Waals surface area contributed by atoms with Crippen LogP contribution in [0.4, 0.5) is 11.6 Å². The molecule has 108 valence electrons. The van der Waals surface area contributed by atoms with Gasteiger partial charge in [0.25, 0.3) is 0 Å². The van der Waals surface area contributed by atoms with Gasteiger partial charge in [0, 0.05) is 40.8 Å². The fourth-order valence-electron chi connectivity index (χ4n) is 1.71. The van der Waals surface area contributed by atoms with E-state index in [4.69, 9.17) is 5.73 Å². The van der Waals surface area contributed by atoms with Crippen LogP contribution in [0.25, 0.3) is 0 Å². The molecule has 0 aliphatic rings. The SMILES string of the molecule is CCCc1nc(N)c(C)c(NC(C)CCS(C)=O)n1. The summed E-state index contributed by atoms with van der Waals surface area (Å²) in [5.41, 5.74) is 6.79. The lowest BCUT2D eigenvalue weighted by Gasteiger charge is -2.17. The predicted molar refractivity (Wildman–Crippen MR) is 81.8 cm³/mol. The molecule has 0 bridgehead atoms. The average Bonchev–Trinajstić information content (AvgIpc) is 2.33. The number of nitrogens with two attached hydrogens (primary N) is 1. The molecule has 19 heavy (non-hydrogen) atoms. The summed E-state index contributed by atoms with van der Waals surface area (Å²) in [6.07, 6.45) is 4.38. The smallest absolute Gasteiger partial charge is 0.134 e. The van der Waals surface area contributed by atoms with Crippen LogP contribution in [0.1, 0.15) is 38.1 Å². The molecule has 0 saturated heterocycles. The van der Waals surface area contributed by atoms with E-state index in [-0.39, 0.29) is 6.04 Å². The van der Waals surface area contributed by atoms with Crippen molar-refractivity contribution >= 4 is 22.4 Å². The zero-order valence-corrected chi connectivity index (χ0v) is 13.0. The second-order valence-electron chi connectivity index (χ2n) is 4.86. The lowest BCUT2D eigenvalue weighted by molar-refractivity contribution is 0.678. The quantitative estimate of drug-likeness (QED) is 0.799. The Kier molecular flexibility index (Phi) is 6.21. The number of rotatable bonds is 7. The molecular formula is C13H24N4OS. The maximum absolute atomic E-state index is 11.1. The molecule has 1 aromatic rings. The molecule has 6 heteroatoms. The average molecular weight is 284 g/mol. The lowest BCUT2D eigenvalue weighted by atomic mass is 10.2. The van der Waals surface area contributed by atoms with E-state index in [0.717, 1.165) is 36.5 Å². The maximum atomic E-state index is 11.1. The monoisotopic (exact) mass is 284 g/mol. The van der Waals surface area contributed by atoms with Gasteiger partial charge in [0.15, 0.2) is 0 Å². The molecule has 1 rings (SSSR count). The van der Waals surface area contributed by atoms with Crippen LogP contribution in [0, 0.1) is 6.92 Å². The van der Waals surface area contributed by atoms with Crippen LogP contribution in [0.5, 0.6) is 0 Å². The largest absolute Gasteiger partial charge is 0.383 e. The summed E-state index contributed by atoms with van der Waals surface area (Å²) in [5.74, 6) is 2.80. The number of hydrogen-bond acceptors (Lipinski definition) is 5. The Morgan fingerprint density at radius 3 is 2.68 bits per heavy atom. The van der Waals surface area contributed by atoms with Gasteiger partial charge in [-0.05, 0) is 26.7 Å². The van der Waals surface area contributed by atoms with Crippen molar-refractivity contribution in [1.82, 2.24) is 9.97 Å². The molecule has 0 amide bonds. The number of nitrogens with one attached hydrogen (secondary N) is 1. The third-order valence-corrected chi connectivity index (χ3v) is 3.74. The highest BCUT2D eigenvalue weighted by Gasteiger charge is 2.11. The molecule has 0 saturated carbocycles. The number of nitrogens with zero attached hydrogens (tertiary/aromatic N) is 2. The Labute approximate surface area is 117 Å². The fraction of sp³-hybridized carbons (Fsp3) is 0.692. The molecule has 0 spiro atoms. The topological polar surface area (TPSA) is 80.9 Å². The number of nitrogen functional groups attached to an aromatic ring is 1. The molecule has 1 aromatic heterocycles. The molecule has 1 heterocycles. The minimum atomic E-state index is -0.759. The zero-order chi connectivity index (χ0) is 14.4. The van der Waals surface area contributed by atoms with Gasteiger partial charge in [-0.25, -0.2) is 9.97 Å². The van der Waals surface area contributed by atoms with Gasteiger partial charge >= 0.3 is 0 Å². The Bertz CT molecular complexity index is 451. The summed E-state index contributed by atoms with van der Waals surface area (Å²) in [6.45, 7) is 6.06. The van der Waals surface area contributed by atoms with Crippen molar-refractivity contribution in [3.8, 4) is 0 Å². The fourth-order valence-corrected chi connectivity index (χ4v) is 2.39. The van der Waals surface area contributed by atoms with Crippen molar-refractivity contribution in [2.24, 2.45) is 0 Å². The predicted octanol–water partition coefficient (Wildman–Crippen LogP) is 1.89. The lowest BCUT2D eigenvalue weighted by Crippen LogP contribution is -2.20. The molecule has 2 unspecified atom stereocenters. The van der Waals surface area contributed by atoms with E-state index < -0.39 is 10.8 Å². The molecule has 0 aromatic carbocycles. The molecule has 0 aliphatic carbocycles. The summed E-state index contributed by atoms with van der Waals surface area (Å²) < 4.78 is 11.1. The number of aromatic nitrogens is 2. The first-order valence-electron chi connectivity index (χ1n) is 6.63. The van der Waals surface area contributed by atoms with Crippen molar-refractivity contribution < 1.29 is 4.21 Å². The zero-order valence-electron chi connectivity index (χ0n) is 12.2. The minimum Gasteiger partial charge on any atom is -0.383 e. The molecule has 0 fully saturated rings. The first kappa shape index (κ1) is 15.9. The Hall–Kier alpha value is -1.17. The van der Waals surface area contributed by atoms with Gasteiger partial charge in [-0.1, -0.05) is 6.92 Å². The van der Waals surface area contributed by atoms with Crippen molar-refractivity contribution in [1.29, 1.82) is 0 Å². The number of anilines is 2. The Morgan fingerprint density at radius 1 is 1.42 bits per heavy atom. The highest BCUT2D eigenvalue weighted by atomic mass is 32.2. The van der Waals surface area contributed by atoms with Gasteiger partial charge in [0.2, 0.25) is 0 Å². The van der Waals surface area contributed by atoms with Gasteiger partial charge in [-0.15, -0.1) is 0 Å². The third-order valence-electron chi connectivity index (χ3n) is 2.92. The summed E-state index contributed by atoms with van der Waals surface area (Å²) in [5, 5.41) is 3.34. The first-order chi connectivity index (χ1) is 8.93. The van der Waals surface area contributed by atoms with Crippen LogP contribution in [-0.2, 0) is 17.2 Å². The van der Waals surface area contributed by atoms with Crippen molar-refractivity contribution in [2.45, 2.75) is 46.1 Å². The second kappa shape index (κ2) is 7.43. The van der Waals surface area contributed by atoms with Crippen LogP contribution in [0.3, 0.4) is 0 Å². The van der Waals surface area contributed by atoms with Gasteiger partial charge in [-0.3, -0.25) is 4.21 Å². The van der Waals surface area contributed by atoms with Gasteiger partial charge < -0.3 is 11.1 Å². The van der Waals surface area contributed by atoms with E-state index in [9.17, 15) is 4.21 Å². The summed E-state index contributed by atoms with van der Waals surface area (Å²) in [7, 11) is -0.759. The van der Waals surface area contributed by atoms with Crippen LogP contribution >= 0.6 is 0 Å². The van der Waals surface area contributed by atoms with Crippen LogP contribution in [0.15, 0.2) is 0 Å². The number of hydrogen-bond donors (Lipinski definition) is 2. The van der Waals surface area contributed by atoms with Gasteiger partial charge in [0.1, 0.15) is 17.5 Å². The van der Waals surface area contributed by atoms with E-state index in [0.29, 0.717) is 11.6 Å². The molecule has 2 atom stereocenters. The summed E-state index contributed by atoms with van der Waals surface area (Å²) >= 11 is 0. The van der Waals surface area contributed by atoms with Gasteiger partial charge in [-0.2, -0.15) is 0 Å². The van der Waals surface area contributed by atoms with Crippen LogP contribution in [0.2, 0.25) is 0 Å².